The fraction of sp³-hybridized carbons (Fsp3) is 0.538. The first-order valence-corrected chi connectivity index (χ1v) is 7.07. The van der Waals surface area contributed by atoms with Gasteiger partial charge < -0.3 is 15.7 Å². The second-order valence-corrected chi connectivity index (χ2v) is 5.23. The Labute approximate surface area is 121 Å². The van der Waals surface area contributed by atoms with Crippen LogP contribution < -0.4 is 5.73 Å². The lowest BCUT2D eigenvalue weighted by Crippen LogP contribution is -2.40. The topological polar surface area (TPSA) is 110 Å². The number of hydrogen-bond acceptors (Lipinski definition) is 5. The largest absolute Gasteiger partial charge is 0.465 e. The van der Waals surface area contributed by atoms with Crippen molar-refractivity contribution in [3.63, 3.8) is 0 Å². The Morgan fingerprint density at radius 1 is 1.52 bits per heavy atom. The molecule has 1 fully saturated rings. The molecule has 3 rings (SSSR count). The summed E-state index contributed by atoms with van der Waals surface area (Å²) in [5.41, 5.74) is 7.49. The number of carbonyl (C=O) groups is 1. The fourth-order valence-corrected chi connectivity index (χ4v) is 2.90. The number of amides is 1. The summed E-state index contributed by atoms with van der Waals surface area (Å²) in [6.45, 7) is 3.00. The van der Waals surface area contributed by atoms with Crippen molar-refractivity contribution in [3.05, 3.63) is 12.0 Å². The lowest BCUT2D eigenvalue weighted by molar-refractivity contribution is 0.120. The molecule has 112 valence electrons. The molecule has 1 atom stereocenters. The molecule has 1 aliphatic heterocycles. The van der Waals surface area contributed by atoms with E-state index in [0.717, 1.165) is 30.3 Å². The van der Waals surface area contributed by atoms with Crippen LogP contribution in [0.15, 0.2) is 6.33 Å². The molecule has 1 amide bonds. The second-order valence-electron chi connectivity index (χ2n) is 5.23. The van der Waals surface area contributed by atoms with Crippen LogP contribution in [-0.4, -0.2) is 48.9 Å². The number of hydrogen-bond donors (Lipinski definition) is 2. The van der Waals surface area contributed by atoms with Crippen molar-refractivity contribution in [3.8, 4) is 0 Å². The summed E-state index contributed by atoms with van der Waals surface area (Å²) in [5.74, 6) is 0.425. The quantitative estimate of drug-likeness (QED) is 0.862. The highest BCUT2D eigenvalue weighted by Crippen LogP contribution is 2.28. The molecular weight excluding hydrogens is 272 g/mol. The number of fused-ring (bicyclic) bond motifs is 1. The van der Waals surface area contributed by atoms with Crippen molar-refractivity contribution >= 4 is 22.9 Å². The Kier molecular flexibility index (Phi) is 3.36. The molecule has 1 saturated heterocycles. The van der Waals surface area contributed by atoms with Crippen molar-refractivity contribution < 1.29 is 9.90 Å². The summed E-state index contributed by atoms with van der Waals surface area (Å²) >= 11 is 0. The number of aromatic nitrogens is 4. The first-order chi connectivity index (χ1) is 10.1. The van der Waals surface area contributed by atoms with E-state index in [0.29, 0.717) is 24.6 Å². The molecular formula is C13H18N6O2. The molecule has 2 aromatic rings. The molecule has 1 unspecified atom stereocenters. The van der Waals surface area contributed by atoms with Gasteiger partial charge in [-0.3, -0.25) is 0 Å². The molecule has 0 aromatic carbocycles. The van der Waals surface area contributed by atoms with Gasteiger partial charge in [0.15, 0.2) is 5.65 Å². The van der Waals surface area contributed by atoms with Gasteiger partial charge >= 0.3 is 6.09 Å². The van der Waals surface area contributed by atoms with Crippen molar-refractivity contribution in [2.24, 2.45) is 0 Å². The normalized spacial score (nSPS) is 19.1. The average molecular weight is 290 g/mol. The van der Waals surface area contributed by atoms with E-state index in [9.17, 15) is 4.79 Å². The maximum absolute atomic E-state index is 11.2. The first-order valence-electron chi connectivity index (χ1n) is 7.07. The minimum absolute atomic E-state index is 0.00745. The van der Waals surface area contributed by atoms with E-state index in [-0.39, 0.29) is 6.04 Å². The number of nitrogens with two attached hydrogens (primary N) is 1. The Bertz CT molecular complexity index is 683. The Balaban J connectivity index is 2.04. The Morgan fingerprint density at radius 3 is 3.05 bits per heavy atom. The summed E-state index contributed by atoms with van der Waals surface area (Å²) in [6, 6.07) is -0.00745. The van der Waals surface area contributed by atoms with E-state index in [1.54, 1.807) is 0 Å². The highest BCUT2D eigenvalue weighted by atomic mass is 16.4. The molecule has 21 heavy (non-hydrogen) atoms. The zero-order valence-electron chi connectivity index (χ0n) is 11.9. The van der Waals surface area contributed by atoms with Crippen molar-refractivity contribution in [2.45, 2.75) is 32.2 Å². The zero-order chi connectivity index (χ0) is 15.0. The van der Waals surface area contributed by atoms with Gasteiger partial charge in [0.25, 0.3) is 0 Å². The number of anilines is 1. The number of aryl methyl sites for hydroxylation is 1. The minimum Gasteiger partial charge on any atom is -0.465 e. The number of nitrogens with zero attached hydrogens (tertiary/aromatic N) is 5. The predicted molar refractivity (Wildman–Crippen MR) is 77.0 cm³/mol. The highest BCUT2D eigenvalue weighted by Gasteiger charge is 2.27. The molecule has 8 heteroatoms. The number of carboxylic acid groups (broad SMARTS) is 1. The molecule has 0 spiro atoms. The SMILES string of the molecule is CCc1nn(C2CCCN(C(=O)O)C2)c2ncnc(N)c12. The van der Waals surface area contributed by atoms with E-state index >= 15 is 0 Å². The van der Waals surface area contributed by atoms with Crippen molar-refractivity contribution in [2.75, 3.05) is 18.8 Å². The minimum atomic E-state index is -0.888. The highest BCUT2D eigenvalue weighted by molar-refractivity contribution is 5.88. The van der Waals surface area contributed by atoms with Crippen LogP contribution in [-0.2, 0) is 6.42 Å². The van der Waals surface area contributed by atoms with Gasteiger partial charge in [-0.05, 0) is 19.3 Å². The van der Waals surface area contributed by atoms with Gasteiger partial charge in [-0.2, -0.15) is 5.10 Å². The summed E-state index contributed by atoms with van der Waals surface area (Å²) in [6.07, 6.45) is 2.97. The molecule has 3 heterocycles. The third-order valence-electron chi connectivity index (χ3n) is 3.94. The summed E-state index contributed by atoms with van der Waals surface area (Å²) in [4.78, 5) is 20.9. The third kappa shape index (κ3) is 2.26. The van der Waals surface area contributed by atoms with Gasteiger partial charge in [0.2, 0.25) is 0 Å². The first kappa shape index (κ1) is 13.6. The smallest absolute Gasteiger partial charge is 0.407 e. The van der Waals surface area contributed by atoms with Gasteiger partial charge in [0.1, 0.15) is 12.1 Å². The number of nitrogen functional groups attached to an aromatic ring is 1. The molecule has 0 radical (unpaired) electrons. The van der Waals surface area contributed by atoms with Crippen LogP contribution in [0.1, 0.15) is 31.5 Å². The van der Waals surface area contributed by atoms with Crippen LogP contribution in [0, 0.1) is 0 Å². The van der Waals surface area contributed by atoms with E-state index in [1.165, 1.54) is 11.2 Å². The summed E-state index contributed by atoms with van der Waals surface area (Å²) < 4.78 is 1.82. The van der Waals surface area contributed by atoms with Gasteiger partial charge in [0, 0.05) is 13.1 Å². The molecule has 8 nitrogen and oxygen atoms in total. The van der Waals surface area contributed by atoms with Crippen LogP contribution >= 0.6 is 0 Å². The van der Waals surface area contributed by atoms with Crippen LogP contribution in [0.5, 0.6) is 0 Å². The van der Waals surface area contributed by atoms with Gasteiger partial charge in [-0.25, -0.2) is 19.4 Å². The lowest BCUT2D eigenvalue weighted by atomic mass is 10.1. The van der Waals surface area contributed by atoms with Crippen LogP contribution in [0.3, 0.4) is 0 Å². The maximum atomic E-state index is 11.2. The van der Waals surface area contributed by atoms with E-state index < -0.39 is 6.09 Å². The third-order valence-corrected chi connectivity index (χ3v) is 3.94. The molecule has 0 bridgehead atoms. The Morgan fingerprint density at radius 2 is 2.33 bits per heavy atom. The van der Waals surface area contributed by atoms with Gasteiger partial charge in [-0.15, -0.1) is 0 Å². The zero-order valence-corrected chi connectivity index (χ0v) is 11.9. The van der Waals surface area contributed by atoms with Crippen LogP contribution in [0.25, 0.3) is 11.0 Å². The maximum Gasteiger partial charge on any atom is 0.407 e. The Hall–Kier alpha value is -2.38. The lowest BCUT2D eigenvalue weighted by Gasteiger charge is -2.30. The van der Waals surface area contributed by atoms with Crippen molar-refractivity contribution in [1.82, 2.24) is 24.6 Å². The summed E-state index contributed by atoms with van der Waals surface area (Å²) in [5, 5.41) is 14.5. The number of piperidine rings is 1. The monoisotopic (exact) mass is 290 g/mol. The fourth-order valence-electron chi connectivity index (χ4n) is 2.90. The molecule has 3 N–H and O–H groups in total. The molecule has 2 aromatic heterocycles. The number of likely N-dealkylation sites (tertiary alicyclic amines) is 1. The summed E-state index contributed by atoms with van der Waals surface area (Å²) in [7, 11) is 0. The standard InChI is InChI=1S/C13H18N6O2/c1-2-9-10-11(14)15-7-16-12(10)19(17-9)8-4-3-5-18(6-8)13(20)21/h7-8H,2-6H2,1H3,(H,20,21)(H2,14,15,16). The van der Waals surface area contributed by atoms with Crippen molar-refractivity contribution in [1.29, 1.82) is 0 Å². The molecule has 1 aliphatic rings. The van der Waals surface area contributed by atoms with E-state index in [1.807, 2.05) is 11.6 Å². The second kappa shape index (κ2) is 5.19. The van der Waals surface area contributed by atoms with Gasteiger partial charge in [0.05, 0.1) is 17.1 Å². The van der Waals surface area contributed by atoms with Crippen LogP contribution in [0.2, 0.25) is 0 Å². The van der Waals surface area contributed by atoms with E-state index in [4.69, 9.17) is 10.8 Å². The van der Waals surface area contributed by atoms with E-state index in [2.05, 4.69) is 15.1 Å². The molecule has 0 aliphatic carbocycles. The average Bonchev–Trinajstić information content (AvgIpc) is 2.87. The number of rotatable bonds is 2. The van der Waals surface area contributed by atoms with Gasteiger partial charge in [-0.1, -0.05) is 6.92 Å². The van der Waals surface area contributed by atoms with Crippen LogP contribution in [0.4, 0.5) is 10.6 Å². The molecule has 0 saturated carbocycles. The predicted octanol–water partition coefficient (Wildman–Crippen LogP) is 1.29.